The second kappa shape index (κ2) is 13.3. The molecule has 5 heteroatoms. The van der Waals surface area contributed by atoms with Gasteiger partial charge in [0.05, 0.1) is 16.6 Å². The molecule has 1 aliphatic carbocycles. The first kappa shape index (κ1) is 33.8. The number of nitrogens with zero attached hydrogens (tertiary/aromatic N) is 2. The molecule has 0 fully saturated rings. The number of nitrogens with one attached hydrogen (secondary N) is 2. The summed E-state index contributed by atoms with van der Waals surface area (Å²) in [6.07, 6.45) is 11.8. The average Bonchev–Trinajstić information content (AvgIpc) is 3.90. The molecule has 0 amide bonds. The van der Waals surface area contributed by atoms with Crippen LogP contribution in [0, 0.1) is 0 Å². The molecule has 278 valence electrons. The molecule has 8 aromatic rings. The summed E-state index contributed by atoms with van der Waals surface area (Å²) < 4.78 is 4.88. The molecule has 11 rings (SSSR count). The first-order valence-electron chi connectivity index (χ1n) is 20.5. The Labute approximate surface area is 333 Å². The number of fused-ring (bicyclic) bond motifs is 10. The predicted octanol–water partition coefficient (Wildman–Crippen LogP) is 11.0. The van der Waals surface area contributed by atoms with Crippen molar-refractivity contribution in [1.82, 2.24) is 19.8 Å². The van der Waals surface area contributed by atoms with Crippen molar-refractivity contribution in [2.24, 2.45) is 5.73 Å². The van der Waals surface area contributed by atoms with Crippen molar-refractivity contribution in [2.45, 2.75) is 38.1 Å². The van der Waals surface area contributed by atoms with Gasteiger partial charge in [0.25, 0.3) is 0 Å². The van der Waals surface area contributed by atoms with Crippen LogP contribution in [0.5, 0.6) is 0 Å². The summed E-state index contributed by atoms with van der Waals surface area (Å²) in [6, 6.07) is 49.4. The first-order valence-corrected chi connectivity index (χ1v) is 20.5. The van der Waals surface area contributed by atoms with Crippen molar-refractivity contribution in [3.05, 3.63) is 192 Å². The summed E-state index contributed by atoms with van der Waals surface area (Å²) in [4.78, 5) is 0. The minimum Gasteiger partial charge on any atom is -0.401 e. The van der Waals surface area contributed by atoms with Gasteiger partial charge in [-0.05, 0) is 107 Å². The summed E-state index contributed by atoms with van der Waals surface area (Å²) in [7, 11) is 0. The molecule has 0 saturated heterocycles. The maximum atomic E-state index is 7.30. The number of nitrogens with two attached hydrogens (primary N) is 1. The normalized spacial score (nSPS) is 17.4. The fourth-order valence-electron chi connectivity index (χ4n) is 10.2. The average molecular weight is 740 g/mol. The van der Waals surface area contributed by atoms with Gasteiger partial charge in [-0.25, -0.2) is 0 Å². The molecule has 6 aromatic carbocycles. The topological polar surface area (TPSA) is 59.9 Å². The zero-order valence-electron chi connectivity index (χ0n) is 32.2. The Hall–Kier alpha value is -6.56. The van der Waals surface area contributed by atoms with Crippen LogP contribution in [-0.4, -0.2) is 22.2 Å². The molecule has 2 aromatic heterocycles. The molecule has 5 nitrogen and oxygen atoms in total. The van der Waals surface area contributed by atoms with Gasteiger partial charge in [-0.2, -0.15) is 0 Å². The lowest BCUT2D eigenvalue weighted by Crippen LogP contribution is -2.41. The molecule has 1 unspecified atom stereocenters. The summed E-state index contributed by atoms with van der Waals surface area (Å²) in [6.45, 7) is 4.91. The van der Waals surface area contributed by atoms with Crippen molar-refractivity contribution in [2.75, 3.05) is 13.1 Å². The van der Waals surface area contributed by atoms with Crippen LogP contribution in [0.3, 0.4) is 0 Å². The van der Waals surface area contributed by atoms with Gasteiger partial charge in [0.15, 0.2) is 0 Å². The number of unbranched alkanes of at least 4 members (excludes halogenated alkanes) is 1. The van der Waals surface area contributed by atoms with Crippen LogP contribution < -0.4 is 16.4 Å². The van der Waals surface area contributed by atoms with Gasteiger partial charge >= 0.3 is 0 Å². The van der Waals surface area contributed by atoms with Crippen LogP contribution in [0.15, 0.2) is 169 Å². The van der Waals surface area contributed by atoms with E-state index in [9.17, 15) is 0 Å². The molecule has 0 saturated carbocycles. The smallest absolute Gasteiger partial charge is 0.100 e. The van der Waals surface area contributed by atoms with E-state index in [2.05, 4.69) is 184 Å². The molecule has 0 radical (unpaired) electrons. The number of dihydropyridines is 1. The zero-order chi connectivity index (χ0) is 38.1. The summed E-state index contributed by atoms with van der Waals surface area (Å²) in [5.41, 5.74) is 25.0. The van der Waals surface area contributed by atoms with Gasteiger partial charge in [0.2, 0.25) is 0 Å². The van der Waals surface area contributed by atoms with E-state index in [0.717, 1.165) is 56.0 Å². The Morgan fingerprint density at radius 1 is 0.719 bits per heavy atom. The highest BCUT2D eigenvalue weighted by atomic mass is 15.0. The highest BCUT2D eigenvalue weighted by molar-refractivity contribution is 6.18. The molecule has 1 atom stereocenters. The van der Waals surface area contributed by atoms with Crippen LogP contribution in [0.25, 0.3) is 66.3 Å². The van der Waals surface area contributed by atoms with E-state index in [1.165, 1.54) is 83.0 Å². The fraction of sp³-hybridized carbons (Fsp3) is 0.154. The number of hydrogen-bond donors (Lipinski definition) is 3. The van der Waals surface area contributed by atoms with Crippen LogP contribution in [-0.2, 0) is 18.4 Å². The van der Waals surface area contributed by atoms with E-state index < -0.39 is 5.41 Å². The van der Waals surface area contributed by atoms with E-state index >= 15 is 0 Å². The quantitative estimate of drug-likeness (QED) is 0.153. The second-order valence-corrected chi connectivity index (χ2v) is 15.7. The van der Waals surface area contributed by atoms with Crippen molar-refractivity contribution >= 4 is 32.7 Å². The van der Waals surface area contributed by atoms with Crippen LogP contribution in [0.1, 0.15) is 42.1 Å². The Kier molecular flexibility index (Phi) is 7.87. The molecule has 0 spiro atoms. The lowest BCUT2D eigenvalue weighted by molar-refractivity contribution is 0.625. The highest BCUT2D eigenvalue weighted by Gasteiger charge is 2.49. The van der Waals surface area contributed by atoms with E-state index in [4.69, 9.17) is 5.73 Å². The highest BCUT2D eigenvalue weighted by Crippen LogP contribution is 2.58. The van der Waals surface area contributed by atoms with Crippen molar-refractivity contribution in [3.8, 4) is 33.6 Å². The maximum absolute atomic E-state index is 7.30. The minimum atomic E-state index is -0.606. The molecular weight excluding hydrogens is 695 g/mol. The Bertz CT molecular complexity index is 2970. The molecule has 3 aliphatic rings. The number of para-hydroxylation sites is 2. The molecule has 4 heterocycles. The maximum Gasteiger partial charge on any atom is 0.100 e. The third-order valence-corrected chi connectivity index (χ3v) is 12.7. The number of aromatic nitrogens is 2. The van der Waals surface area contributed by atoms with Gasteiger partial charge in [0.1, 0.15) is 5.41 Å². The summed E-state index contributed by atoms with van der Waals surface area (Å²) >= 11 is 0. The van der Waals surface area contributed by atoms with Crippen molar-refractivity contribution in [1.29, 1.82) is 0 Å². The Morgan fingerprint density at radius 3 is 2.14 bits per heavy atom. The largest absolute Gasteiger partial charge is 0.401 e. The van der Waals surface area contributed by atoms with Gasteiger partial charge in [-0.15, -0.1) is 0 Å². The standard InChI is InChI=1S/C52H45N5/c1-2-3-18-48(53)52(49-19-10-11-31-55-49)42-15-7-4-13-40(42)50-43(52)28-29-46-51(50)41-14-6-9-17-45(41)56(46)36-24-20-34(21-25-36)35-22-26-37(27-23-35)57-44-16-8-5-12-38(44)39-30-32-54-33-47(39)57/h4-29,54-55H,2-3,30-33,53H2,1H3/b48-18-. The fourth-order valence-corrected chi connectivity index (χ4v) is 10.2. The van der Waals surface area contributed by atoms with Crippen LogP contribution in [0.2, 0.25) is 0 Å². The molecular formula is C52H45N5. The zero-order valence-corrected chi connectivity index (χ0v) is 32.2. The number of allylic oxidation sites excluding steroid dienone is 3. The SMILES string of the molecule is CCC/C=C(\N)C1(C2=CC=CCN2)c2ccccc2-c2c1ccc1c2c2ccccc2n1-c1ccc(-c2ccc(-n3c4c(c5ccccc53)CCNC4)cc2)cc1. The van der Waals surface area contributed by atoms with Gasteiger partial charge in [0, 0.05) is 57.7 Å². The van der Waals surface area contributed by atoms with Gasteiger partial charge < -0.3 is 25.5 Å². The Balaban J connectivity index is 1.04. The monoisotopic (exact) mass is 739 g/mol. The number of hydrogen-bond acceptors (Lipinski definition) is 3. The third-order valence-electron chi connectivity index (χ3n) is 12.7. The minimum absolute atomic E-state index is 0.606. The van der Waals surface area contributed by atoms with E-state index in [-0.39, 0.29) is 0 Å². The van der Waals surface area contributed by atoms with Crippen molar-refractivity contribution in [3.63, 3.8) is 0 Å². The van der Waals surface area contributed by atoms with Crippen LogP contribution >= 0.6 is 0 Å². The number of rotatable bonds is 7. The van der Waals surface area contributed by atoms with Gasteiger partial charge in [-0.3, -0.25) is 0 Å². The predicted molar refractivity (Wildman–Crippen MR) is 237 cm³/mol. The van der Waals surface area contributed by atoms with Crippen molar-refractivity contribution < 1.29 is 0 Å². The molecule has 4 N–H and O–H groups in total. The molecule has 57 heavy (non-hydrogen) atoms. The van der Waals surface area contributed by atoms with E-state index in [1.54, 1.807) is 0 Å². The first-order chi connectivity index (χ1) is 28.2. The summed E-state index contributed by atoms with van der Waals surface area (Å²) in [5, 5.41) is 11.2. The molecule has 0 bridgehead atoms. The lowest BCUT2D eigenvalue weighted by Gasteiger charge is -2.37. The van der Waals surface area contributed by atoms with Gasteiger partial charge in [-0.1, -0.05) is 123 Å². The van der Waals surface area contributed by atoms with E-state index in [1.807, 2.05) is 0 Å². The number of benzene rings is 6. The lowest BCUT2D eigenvalue weighted by atomic mass is 9.71. The third kappa shape index (κ3) is 4.92. The second-order valence-electron chi connectivity index (χ2n) is 15.7. The Morgan fingerprint density at radius 2 is 1.40 bits per heavy atom. The van der Waals surface area contributed by atoms with Crippen LogP contribution in [0.4, 0.5) is 0 Å². The molecule has 2 aliphatic heterocycles. The summed E-state index contributed by atoms with van der Waals surface area (Å²) in [5.74, 6) is 0. The van der Waals surface area contributed by atoms with E-state index in [0.29, 0.717) is 0 Å².